The van der Waals surface area contributed by atoms with Gasteiger partial charge in [-0.1, -0.05) is 32.0 Å². The second-order valence-corrected chi connectivity index (χ2v) is 7.62. The van der Waals surface area contributed by atoms with Gasteiger partial charge in [-0.05, 0) is 43.4 Å². The van der Waals surface area contributed by atoms with Crippen molar-refractivity contribution in [2.75, 3.05) is 13.1 Å². The molecule has 1 aromatic carbocycles. The standard InChI is InChI=1S/C21H28N4O2/c1-14(2)19(23-20(26)17-7-5-4-6-15(17)3)21(27)25-12-9-16(10-13-25)18-8-11-22-24-18/h4-8,11,14,16,19H,9-10,12-13H2,1-3H3,(H,22,24)(H,23,26). The van der Waals surface area contributed by atoms with Crippen LogP contribution in [0.5, 0.6) is 0 Å². The summed E-state index contributed by atoms with van der Waals surface area (Å²) in [5, 5.41) is 10.0. The van der Waals surface area contributed by atoms with Gasteiger partial charge in [-0.25, -0.2) is 0 Å². The maximum absolute atomic E-state index is 13.1. The lowest BCUT2D eigenvalue weighted by atomic mass is 9.92. The molecule has 27 heavy (non-hydrogen) atoms. The van der Waals surface area contributed by atoms with Gasteiger partial charge in [0.1, 0.15) is 6.04 Å². The zero-order valence-electron chi connectivity index (χ0n) is 16.2. The smallest absolute Gasteiger partial charge is 0.252 e. The number of hydrogen-bond acceptors (Lipinski definition) is 3. The fraction of sp³-hybridized carbons (Fsp3) is 0.476. The minimum absolute atomic E-state index is 0.00925. The lowest BCUT2D eigenvalue weighted by Crippen LogP contribution is -2.53. The van der Waals surface area contributed by atoms with E-state index in [-0.39, 0.29) is 17.7 Å². The van der Waals surface area contributed by atoms with Gasteiger partial charge < -0.3 is 10.2 Å². The maximum Gasteiger partial charge on any atom is 0.252 e. The molecule has 1 aliphatic rings. The van der Waals surface area contributed by atoms with E-state index in [0.717, 1.165) is 24.1 Å². The van der Waals surface area contributed by atoms with Crippen LogP contribution in [0.25, 0.3) is 0 Å². The van der Waals surface area contributed by atoms with Crippen LogP contribution < -0.4 is 5.32 Å². The molecule has 0 spiro atoms. The molecular formula is C21H28N4O2. The van der Waals surface area contributed by atoms with Crippen molar-refractivity contribution < 1.29 is 9.59 Å². The summed E-state index contributed by atoms with van der Waals surface area (Å²) < 4.78 is 0. The van der Waals surface area contributed by atoms with Crippen molar-refractivity contribution in [2.45, 2.75) is 45.6 Å². The molecule has 6 heteroatoms. The molecule has 144 valence electrons. The highest BCUT2D eigenvalue weighted by Gasteiger charge is 2.32. The van der Waals surface area contributed by atoms with Gasteiger partial charge in [0.15, 0.2) is 0 Å². The van der Waals surface area contributed by atoms with Crippen LogP contribution in [0, 0.1) is 12.8 Å². The Bertz CT molecular complexity index is 777. The summed E-state index contributed by atoms with van der Waals surface area (Å²) in [6, 6.07) is 8.93. The molecule has 2 heterocycles. The normalized spacial score (nSPS) is 16.4. The van der Waals surface area contributed by atoms with Crippen molar-refractivity contribution in [3.8, 4) is 0 Å². The van der Waals surface area contributed by atoms with Crippen molar-refractivity contribution in [1.82, 2.24) is 20.4 Å². The Morgan fingerprint density at radius 1 is 1.19 bits per heavy atom. The molecular weight excluding hydrogens is 340 g/mol. The monoisotopic (exact) mass is 368 g/mol. The first-order valence-corrected chi connectivity index (χ1v) is 9.62. The Labute approximate surface area is 160 Å². The predicted molar refractivity (Wildman–Crippen MR) is 104 cm³/mol. The quantitative estimate of drug-likeness (QED) is 0.852. The van der Waals surface area contributed by atoms with E-state index in [1.807, 2.05) is 49.9 Å². The number of amides is 2. The average Bonchev–Trinajstić information content (AvgIpc) is 3.20. The first-order valence-electron chi connectivity index (χ1n) is 9.62. The van der Waals surface area contributed by atoms with Crippen LogP contribution in [0.3, 0.4) is 0 Å². The van der Waals surface area contributed by atoms with E-state index >= 15 is 0 Å². The average molecular weight is 368 g/mol. The summed E-state index contributed by atoms with van der Waals surface area (Å²) in [4.78, 5) is 27.6. The van der Waals surface area contributed by atoms with Gasteiger partial charge >= 0.3 is 0 Å². The van der Waals surface area contributed by atoms with E-state index in [2.05, 4.69) is 15.5 Å². The topological polar surface area (TPSA) is 78.1 Å². The lowest BCUT2D eigenvalue weighted by Gasteiger charge is -2.35. The Morgan fingerprint density at radius 2 is 1.89 bits per heavy atom. The maximum atomic E-state index is 13.1. The number of carbonyl (C=O) groups is 2. The van der Waals surface area contributed by atoms with Crippen molar-refractivity contribution in [2.24, 2.45) is 5.92 Å². The molecule has 2 aromatic rings. The number of hydrogen-bond donors (Lipinski definition) is 2. The SMILES string of the molecule is Cc1ccccc1C(=O)NC(C(=O)N1CCC(c2ccn[nH]2)CC1)C(C)C. The minimum atomic E-state index is -0.513. The predicted octanol–water partition coefficient (Wildman–Crippen LogP) is 2.88. The van der Waals surface area contributed by atoms with E-state index in [1.165, 1.54) is 0 Å². The lowest BCUT2D eigenvalue weighted by molar-refractivity contribution is -0.135. The second-order valence-electron chi connectivity index (χ2n) is 7.62. The molecule has 0 bridgehead atoms. The highest BCUT2D eigenvalue weighted by molar-refractivity contribution is 5.98. The molecule has 0 aliphatic carbocycles. The number of nitrogens with one attached hydrogen (secondary N) is 2. The number of benzene rings is 1. The van der Waals surface area contributed by atoms with Crippen molar-refractivity contribution >= 4 is 11.8 Å². The van der Waals surface area contributed by atoms with Crippen LogP contribution in [-0.2, 0) is 4.79 Å². The number of rotatable bonds is 5. The van der Waals surface area contributed by atoms with Crippen molar-refractivity contribution in [3.63, 3.8) is 0 Å². The third-order valence-corrected chi connectivity index (χ3v) is 5.38. The number of aromatic amines is 1. The van der Waals surface area contributed by atoms with Crippen molar-refractivity contribution in [3.05, 3.63) is 53.3 Å². The number of nitrogens with zero attached hydrogens (tertiary/aromatic N) is 2. The number of carbonyl (C=O) groups excluding carboxylic acids is 2. The zero-order chi connectivity index (χ0) is 19.4. The van der Waals surface area contributed by atoms with Gasteiger partial charge in [-0.2, -0.15) is 5.10 Å². The molecule has 1 fully saturated rings. The number of aryl methyl sites for hydroxylation is 1. The van der Waals surface area contributed by atoms with Gasteiger partial charge in [0.25, 0.3) is 5.91 Å². The third kappa shape index (κ3) is 4.38. The molecule has 1 saturated heterocycles. The number of aromatic nitrogens is 2. The van der Waals surface area contributed by atoms with Crippen LogP contribution >= 0.6 is 0 Å². The van der Waals surface area contributed by atoms with Crippen molar-refractivity contribution in [1.29, 1.82) is 0 Å². The zero-order valence-corrected chi connectivity index (χ0v) is 16.2. The molecule has 0 saturated carbocycles. The molecule has 1 aliphatic heterocycles. The summed E-state index contributed by atoms with van der Waals surface area (Å²) in [5.74, 6) is 0.258. The largest absolute Gasteiger partial charge is 0.341 e. The first kappa shape index (κ1) is 19.1. The van der Waals surface area contributed by atoms with Gasteiger partial charge in [0, 0.05) is 36.5 Å². The summed E-state index contributed by atoms with van der Waals surface area (Å²) in [6.45, 7) is 7.25. The fourth-order valence-electron chi connectivity index (χ4n) is 3.66. The summed E-state index contributed by atoms with van der Waals surface area (Å²) in [6.07, 6.45) is 3.58. The number of likely N-dealkylation sites (tertiary alicyclic amines) is 1. The van der Waals surface area contributed by atoms with E-state index in [1.54, 1.807) is 12.3 Å². The van der Waals surface area contributed by atoms with E-state index in [9.17, 15) is 9.59 Å². The minimum Gasteiger partial charge on any atom is -0.341 e. The molecule has 2 amide bonds. The third-order valence-electron chi connectivity index (χ3n) is 5.38. The Morgan fingerprint density at radius 3 is 2.48 bits per heavy atom. The van der Waals surface area contributed by atoms with Crippen LogP contribution in [0.2, 0.25) is 0 Å². The summed E-state index contributed by atoms with van der Waals surface area (Å²) >= 11 is 0. The van der Waals surface area contributed by atoms with E-state index < -0.39 is 6.04 Å². The fourth-order valence-corrected chi connectivity index (χ4v) is 3.66. The van der Waals surface area contributed by atoms with Gasteiger partial charge in [-0.3, -0.25) is 14.7 Å². The summed E-state index contributed by atoms with van der Waals surface area (Å²) in [5.41, 5.74) is 2.66. The highest BCUT2D eigenvalue weighted by Crippen LogP contribution is 2.27. The van der Waals surface area contributed by atoms with E-state index in [4.69, 9.17) is 0 Å². The molecule has 3 rings (SSSR count). The van der Waals surface area contributed by atoms with Gasteiger partial charge in [0.05, 0.1) is 0 Å². The van der Waals surface area contributed by atoms with Gasteiger partial charge in [0.2, 0.25) is 5.91 Å². The van der Waals surface area contributed by atoms with Gasteiger partial charge in [-0.15, -0.1) is 0 Å². The van der Waals surface area contributed by atoms with Crippen LogP contribution in [0.15, 0.2) is 36.5 Å². The summed E-state index contributed by atoms with van der Waals surface area (Å²) in [7, 11) is 0. The van der Waals surface area contributed by atoms with Crippen LogP contribution in [0.1, 0.15) is 54.2 Å². The van der Waals surface area contributed by atoms with Crippen LogP contribution in [-0.4, -0.2) is 46.0 Å². The molecule has 1 unspecified atom stereocenters. The first-order chi connectivity index (χ1) is 13.0. The number of piperidine rings is 1. The molecule has 2 N–H and O–H groups in total. The van der Waals surface area contributed by atoms with E-state index in [0.29, 0.717) is 24.6 Å². The Kier molecular flexibility index (Phi) is 5.94. The molecule has 6 nitrogen and oxygen atoms in total. The molecule has 0 radical (unpaired) electrons. The molecule has 1 atom stereocenters. The highest BCUT2D eigenvalue weighted by atomic mass is 16.2. The van der Waals surface area contributed by atoms with Crippen LogP contribution in [0.4, 0.5) is 0 Å². The number of H-pyrrole nitrogens is 1. The second kappa shape index (κ2) is 8.37. The Balaban J connectivity index is 1.64. The molecule has 1 aromatic heterocycles. The Hall–Kier alpha value is -2.63.